The Morgan fingerprint density at radius 3 is 2.79 bits per heavy atom. The highest BCUT2D eigenvalue weighted by Crippen LogP contribution is 1.99. The molecule has 0 aromatic carbocycles. The lowest BCUT2D eigenvalue weighted by Gasteiger charge is -2.03. The van der Waals surface area contributed by atoms with Crippen LogP contribution in [0.3, 0.4) is 0 Å². The van der Waals surface area contributed by atoms with Gasteiger partial charge in [-0.05, 0) is 18.6 Å². The SMILES string of the molecule is NS(=O)(=O)CCCNc1ccccn1. The smallest absolute Gasteiger partial charge is 0.209 e. The Balaban J connectivity index is 2.23. The van der Waals surface area contributed by atoms with E-state index in [0.29, 0.717) is 13.0 Å². The van der Waals surface area contributed by atoms with E-state index in [4.69, 9.17) is 5.14 Å². The average molecular weight is 215 g/mol. The highest BCUT2D eigenvalue weighted by molar-refractivity contribution is 7.89. The summed E-state index contributed by atoms with van der Waals surface area (Å²) in [5.74, 6) is 0.731. The van der Waals surface area contributed by atoms with E-state index in [1.54, 1.807) is 6.20 Å². The Labute approximate surface area is 83.4 Å². The largest absolute Gasteiger partial charge is 0.370 e. The fraction of sp³-hybridized carbons (Fsp3) is 0.375. The zero-order valence-corrected chi connectivity index (χ0v) is 8.50. The first kappa shape index (κ1) is 10.9. The first-order chi connectivity index (χ1) is 6.58. The molecule has 1 aromatic heterocycles. The molecule has 0 saturated heterocycles. The molecular weight excluding hydrogens is 202 g/mol. The van der Waals surface area contributed by atoms with Gasteiger partial charge < -0.3 is 5.32 Å². The van der Waals surface area contributed by atoms with Crippen LogP contribution in [-0.4, -0.2) is 25.7 Å². The van der Waals surface area contributed by atoms with Crippen molar-refractivity contribution >= 4 is 15.8 Å². The fourth-order valence-electron chi connectivity index (χ4n) is 0.957. The van der Waals surface area contributed by atoms with Crippen molar-refractivity contribution in [1.29, 1.82) is 0 Å². The summed E-state index contributed by atoms with van der Waals surface area (Å²) in [6.07, 6.45) is 2.15. The van der Waals surface area contributed by atoms with Crippen molar-refractivity contribution in [3.8, 4) is 0 Å². The zero-order valence-electron chi connectivity index (χ0n) is 7.68. The molecule has 0 aliphatic carbocycles. The summed E-state index contributed by atoms with van der Waals surface area (Å²) in [4.78, 5) is 4.02. The van der Waals surface area contributed by atoms with Gasteiger partial charge >= 0.3 is 0 Å². The van der Waals surface area contributed by atoms with Crippen LogP contribution in [0.2, 0.25) is 0 Å². The summed E-state index contributed by atoms with van der Waals surface area (Å²) in [6.45, 7) is 0.549. The summed E-state index contributed by atoms with van der Waals surface area (Å²) in [6, 6.07) is 5.49. The van der Waals surface area contributed by atoms with E-state index in [1.165, 1.54) is 0 Å². The first-order valence-corrected chi connectivity index (χ1v) is 5.95. The number of aromatic nitrogens is 1. The molecule has 1 aromatic rings. The third-order valence-corrected chi connectivity index (χ3v) is 2.43. The van der Waals surface area contributed by atoms with Crippen molar-refractivity contribution in [3.05, 3.63) is 24.4 Å². The molecule has 3 N–H and O–H groups in total. The van der Waals surface area contributed by atoms with Crippen molar-refractivity contribution < 1.29 is 8.42 Å². The Bertz CT molecular complexity index is 363. The van der Waals surface area contributed by atoms with Gasteiger partial charge in [0.2, 0.25) is 10.0 Å². The van der Waals surface area contributed by atoms with Crippen molar-refractivity contribution in [3.63, 3.8) is 0 Å². The molecule has 5 nitrogen and oxygen atoms in total. The molecule has 0 amide bonds. The lowest BCUT2D eigenvalue weighted by atomic mass is 10.4. The molecule has 0 radical (unpaired) electrons. The molecule has 0 bridgehead atoms. The third kappa shape index (κ3) is 4.78. The maximum absolute atomic E-state index is 10.6. The molecular formula is C8H13N3O2S. The molecule has 78 valence electrons. The maximum atomic E-state index is 10.6. The van der Waals surface area contributed by atoms with Crippen LogP contribution in [0.25, 0.3) is 0 Å². The van der Waals surface area contributed by atoms with Crippen LogP contribution in [0.15, 0.2) is 24.4 Å². The van der Waals surface area contributed by atoms with E-state index in [9.17, 15) is 8.42 Å². The molecule has 0 fully saturated rings. The van der Waals surface area contributed by atoms with Crippen LogP contribution < -0.4 is 10.5 Å². The van der Waals surface area contributed by atoms with Gasteiger partial charge in [0.1, 0.15) is 5.82 Å². The maximum Gasteiger partial charge on any atom is 0.209 e. The summed E-state index contributed by atoms with van der Waals surface area (Å²) in [5, 5.41) is 7.83. The number of pyridine rings is 1. The number of hydrogen-bond donors (Lipinski definition) is 2. The predicted molar refractivity (Wildman–Crippen MR) is 55.3 cm³/mol. The lowest BCUT2D eigenvalue weighted by molar-refractivity contribution is 0.595. The topological polar surface area (TPSA) is 85.1 Å². The fourth-order valence-corrected chi connectivity index (χ4v) is 1.50. The minimum absolute atomic E-state index is 0.00711. The van der Waals surface area contributed by atoms with Crippen molar-refractivity contribution in [2.75, 3.05) is 17.6 Å². The van der Waals surface area contributed by atoms with Gasteiger partial charge in [0.05, 0.1) is 5.75 Å². The predicted octanol–water partition coefficient (Wildman–Crippen LogP) is 0.172. The van der Waals surface area contributed by atoms with Crippen molar-refractivity contribution in [2.24, 2.45) is 5.14 Å². The van der Waals surface area contributed by atoms with Gasteiger partial charge in [-0.25, -0.2) is 18.5 Å². The van der Waals surface area contributed by atoms with E-state index >= 15 is 0 Å². The van der Waals surface area contributed by atoms with Crippen LogP contribution in [0.4, 0.5) is 5.82 Å². The van der Waals surface area contributed by atoms with Crippen LogP contribution in [0.5, 0.6) is 0 Å². The molecule has 1 heterocycles. The van der Waals surface area contributed by atoms with Crippen LogP contribution >= 0.6 is 0 Å². The lowest BCUT2D eigenvalue weighted by Crippen LogP contribution is -2.18. The van der Waals surface area contributed by atoms with Crippen molar-refractivity contribution in [1.82, 2.24) is 4.98 Å². The second-order valence-electron chi connectivity index (χ2n) is 2.86. The highest BCUT2D eigenvalue weighted by atomic mass is 32.2. The number of primary sulfonamides is 1. The summed E-state index contributed by atoms with van der Waals surface area (Å²) in [5.41, 5.74) is 0. The standard InChI is InChI=1S/C8H13N3O2S/c9-14(12,13)7-3-6-11-8-4-1-2-5-10-8/h1-2,4-5H,3,6-7H2,(H,10,11)(H2,9,12,13). The minimum atomic E-state index is -3.34. The van der Waals surface area contributed by atoms with E-state index in [1.807, 2.05) is 18.2 Å². The third-order valence-electron chi connectivity index (χ3n) is 1.58. The van der Waals surface area contributed by atoms with E-state index in [0.717, 1.165) is 5.82 Å². The number of nitrogens with two attached hydrogens (primary N) is 1. The second kappa shape index (κ2) is 4.92. The normalized spacial score (nSPS) is 11.2. The molecule has 0 atom stereocenters. The summed E-state index contributed by atoms with van der Waals surface area (Å²) < 4.78 is 21.2. The van der Waals surface area contributed by atoms with E-state index in [-0.39, 0.29) is 5.75 Å². The number of hydrogen-bond acceptors (Lipinski definition) is 4. The number of rotatable bonds is 5. The zero-order chi connectivity index (χ0) is 10.4. The van der Waals surface area contributed by atoms with Gasteiger partial charge in [0.15, 0.2) is 0 Å². The monoisotopic (exact) mass is 215 g/mol. The first-order valence-electron chi connectivity index (χ1n) is 4.23. The van der Waals surface area contributed by atoms with Gasteiger partial charge in [0, 0.05) is 12.7 Å². The molecule has 1 rings (SSSR count). The molecule has 0 aliphatic rings. The van der Waals surface area contributed by atoms with E-state index < -0.39 is 10.0 Å². The van der Waals surface area contributed by atoms with Crippen LogP contribution in [0.1, 0.15) is 6.42 Å². The van der Waals surface area contributed by atoms with E-state index in [2.05, 4.69) is 10.3 Å². The quantitative estimate of drug-likeness (QED) is 0.686. The van der Waals surface area contributed by atoms with Crippen LogP contribution in [0, 0.1) is 0 Å². The minimum Gasteiger partial charge on any atom is -0.370 e. The molecule has 6 heteroatoms. The number of anilines is 1. The Kier molecular flexibility index (Phi) is 3.84. The van der Waals surface area contributed by atoms with Gasteiger partial charge in [-0.2, -0.15) is 0 Å². The summed E-state index contributed by atoms with van der Waals surface area (Å²) in [7, 11) is -3.34. The van der Waals surface area contributed by atoms with Gasteiger partial charge in [-0.15, -0.1) is 0 Å². The van der Waals surface area contributed by atoms with Gasteiger partial charge in [0.25, 0.3) is 0 Å². The summed E-state index contributed by atoms with van der Waals surface area (Å²) >= 11 is 0. The molecule has 0 saturated carbocycles. The number of sulfonamides is 1. The highest BCUT2D eigenvalue weighted by Gasteiger charge is 2.01. The van der Waals surface area contributed by atoms with Crippen molar-refractivity contribution in [2.45, 2.75) is 6.42 Å². The molecule has 0 spiro atoms. The average Bonchev–Trinajstić information content (AvgIpc) is 2.13. The van der Waals surface area contributed by atoms with Crippen LogP contribution in [-0.2, 0) is 10.0 Å². The number of nitrogens with zero attached hydrogens (tertiary/aromatic N) is 1. The molecule has 14 heavy (non-hydrogen) atoms. The Morgan fingerprint density at radius 1 is 1.43 bits per heavy atom. The number of nitrogens with one attached hydrogen (secondary N) is 1. The Hall–Kier alpha value is -1.14. The van der Waals surface area contributed by atoms with Gasteiger partial charge in [-0.1, -0.05) is 6.07 Å². The molecule has 0 unspecified atom stereocenters. The molecule has 0 aliphatic heterocycles. The van der Waals surface area contributed by atoms with Gasteiger partial charge in [-0.3, -0.25) is 0 Å². The second-order valence-corrected chi connectivity index (χ2v) is 4.60. The Morgan fingerprint density at radius 2 is 2.21 bits per heavy atom.